The zero-order valence-corrected chi connectivity index (χ0v) is 19.9. The van der Waals surface area contributed by atoms with Crippen LogP contribution in [0.5, 0.6) is 0 Å². The summed E-state index contributed by atoms with van der Waals surface area (Å²) in [7, 11) is 1.88. The van der Waals surface area contributed by atoms with E-state index in [0.29, 0.717) is 5.54 Å². The maximum Gasteiger partial charge on any atom is 0.191 e. The second kappa shape index (κ2) is 14.3. The number of unbranched alkanes of at least 4 members (excludes halogenated alkanes) is 1. The third-order valence-electron chi connectivity index (χ3n) is 5.49. The van der Waals surface area contributed by atoms with Crippen molar-refractivity contribution < 1.29 is 4.74 Å². The summed E-state index contributed by atoms with van der Waals surface area (Å²) >= 11 is 2.10. The molecule has 1 saturated heterocycles. The van der Waals surface area contributed by atoms with Crippen LogP contribution in [0.2, 0.25) is 0 Å². The number of nitrogens with zero attached hydrogens (tertiary/aromatic N) is 2. The lowest BCUT2D eigenvalue weighted by molar-refractivity contribution is 0.0626. The van der Waals surface area contributed by atoms with Gasteiger partial charge in [0, 0.05) is 63.5 Å². The minimum absolute atomic E-state index is 0. The predicted molar refractivity (Wildman–Crippen MR) is 125 cm³/mol. The van der Waals surface area contributed by atoms with Crippen molar-refractivity contribution in [2.45, 2.75) is 57.4 Å². The van der Waals surface area contributed by atoms with Gasteiger partial charge in [-0.05, 0) is 32.6 Å². The SMILES string of the molecule is CCOCCCCNC(=NC)NCC1(N2CCSCC2)CCCCC1.I. The zero-order chi connectivity index (χ0) is 17.8. The molecule has 154 valence electrons. The minimum Gasteiger partial charge on any atom is -0.382 e. The highest BCUT2D eigenvalue weighted by Crippen LogP contribution is 2.34. The fourth-order valence-electron chi connectivity index (χ4n) is 4.00. The number of aliphatic imine (C=N–C) groups is 1. The first-order valence-corrected chi connectivity index (χ1v) is 11.3. The summed E-state index contributed by atoms with van der Waals surface area (Å²) in [5, 5.41) is 7.11. The smallest absolute Gasteiger partial charge is 0.191 e. The molecule has 0 aromatic rings. The van der Waals surface area contributed by atoms with Gasteiger partial charge in [-0.3, -0.25) is 9.89 Å². The summed E-state index contributed by atoms with van der Waals surface area (Å²) in [5.74, 6) is 3.52. The van der Waals surface area contributed by atoms with E-state index in [1.54, 1.807) is 0 Å². The molecule has 2 aliphatic rings. The molecule has 0 bridgehead atoms. The van der Waals surface area contributed by atoms with Gasteiger partial charge >= 0.3 is 0 Å². The highest BCUT2D eigenvalue weighted by atomic mass is 127. The van der Waals surface area contributed by atoms with Crippen LogP contribution in [0.15, 0.2) is 4.99 Å². The molecule has 0 atom stereocenters. The first kappa shape index (κ1) is 24.3. The third kappa shape index (κ3) is 8.10. The van der Waals surface area contributed by atoms with E-state index in [1.807, 2.05) is 14.0 Å². The van der Waals surface area contributed by atoms with Gasteiger partial charge in [0.1, 0.15) is 0 Å². The molecule has 7 heteroatoms. The van der Waals surface area contributed by atoms with Crippen molar-refractivity contribution in [3.05, 3.63) is 0 Å². The summed E-state index contributed by atoms with van der Waals surface area (Å²) in [6, 6.07) is 0. The number of hydrogen-bond donors (Lipinski definition) is 2. The first-order valence-electron chi connectivity index (χ1n) is 10.2. The van der Waals surface area contributed by atoms with Gasteiger partial charge in [-0.2, -0.15) is 11.8 Å². The number of guanidine groups is 1. The Labute approximate surface area is 181 Å². The molecule has 5 nitrogen and oxygen atoms in total. The maximum absolute atomic E-state index is 5.39. The lowest BCUT2D eigenvalue weighted by Crippen LogP contribution is -2.59. The van der Waals surface area contributed by atoms with Crippen LogP contribution in [-0.2, 0) is 4.74 Å². The summed E-state index contributed by atoms with van der Waals surface area (Å²) in [5.41, 5.74) is 0.339. The van der Waals surface area contributed by atoms with Crippen LogP contribution in [-0.4, -0.2) is 74.3 Å². The Morgan fingerprint density at radius 2 is 1.85 bits per heavy atom. The monoisotopic (exact) mass is 498 g/mol. The van der Waals surface area contributed by atoms with Gasteiger partial charge in [0.2, 0.25) is 0 Å². The van der Waals surface area contributed by atoms with E-state index in [0.717, 1.165) is 45.1 Å². The van der Waals surface area contributed by atoms with Gasteiger partial charge in [0.15, 0.2) is 5.96 Å². The van der Waals surface area contributed by atoms with Crippen LogP contribution in [0.1, 0.15) is 51.9 Å². The fourth-order valence-corrected chi connectivity index (χ4v) is 4.90. The van der Waals surface area contributed by atoms with E-state index >= 15 is 0 Å². The average molecular weight is 499 g/mol. The molecule has 1 aliphatic carbocycles. The molecular formula is C19H39IN4OS. The fraction of sp³-hybridized carbons (Fsp3) is 0.947. The van der Waals surface area contributed by atoms with E-state index in [1.165, 1.54) is 56.7 Å². The number of rotatable bonds is 9. The molecule has 1 heterocycles. The van der Waals surface area contributed by atoms with Gasteiger partial charge in [-0.1, -0.05) is 19.3 Å². The second-order valence-corrected chi connectivity index (χ2v) is 8.37. The van der Waals surface area contributed by atoms with E-state index in [2.05, 4.69) is 32.3 Å². The van der Waals surface area contributed by atoms with Crippen molar-refractivity contribution in [1.82, 2.24) is 15.5 Å². The Morgan fingerprint density at radius 1 is 1.12 bits per heavy atom. The zero-order valence-electron chi connectivity index (χ0n) is 16.7. The minimum atomic E-state index is 0. The Hall–Kier alpha value is 0.270. The molecule has 2 fully saturated rings. The van der Waals surface area contributed by atoms with Crippen molar-refractivity contribution in [1.29, 1.82) is 0 Å². The lowest BCUT2D eigenvalue weighted by atomic mass is 9.80. The van der Waals surface area contributed by atoms with Gasteiger partial charge in [0.05, 0.1) is 0 Å². The first-order chi connectivity index (χ1) is 12.3. The van der Waals surface area contributed by atoms with E-state index in [-0.39, 0.29) is 24.0 Å². The van der Waals surface area contributed by atoms with Crippen molar-refractivity contribution in [2.75, 3.05) is 57.9 Å². The largest absolute Gasteiger partial charge is 0.382 e. The number of hydrogen-bond acceptors (Lipinski definition) is 4. The van der Waals surface area contributed by atoms with E-state index in [4.69, 9.17) is 4.74 Å². The predicted octanol–water partition coefficient (Wildman–Crippen LogP) is 3.34. The Kier molecular flexibility index (Phi) is 13.4. The molecule has 0 spiro atoms. The molecule has 0 radical (unpaired) electrons. The molecule has 2 N–H and O–H groups in total. The normalized spacial score (nSPS) is 21.1. The van der Waals surface area contributed by atoms with Gasteiger partial charge in [-0.15, -0.1) is 24.0 Å². The molecule has 1 aliphatic heterocycles. The van der Waals surface area contributed by atoms with E-state index in [9.17, 15) is 0 Å². The van der Waals surface area contributed by atoms with Crippen molar-refractivity contribution in [3.8, 4) is 0 Å². The molecule has 26 heavy (non-hydrogen) atoms. The molecule has 2 rings (SSSR count). The van der Waals surface area contributed by atoms with Crippen LogP contribution < -0.4 is 10.6 Å². The Bertz CT molecular complexity index is 386. The van der Waals surface area contributed by atoms with Gasteiger partial charge in [-0.25, -0.2) is 0 Å². The van der Waals surface area contributed by atoms with Crippen molar-refractivity contribution in [2.24, 2.45) is 4.99 Å². The molecule has 0 aromatic heterocycles. The Balaban J connectivity index is 0.00000338. The maximum atomic E-state index is 5.39. The van der Waals surface area contributed by atoms with Crippen LogP contribution in [0, 0.1) is 0 Å². The molecule has 0 amide bonds. The quantitative estimate of drug-likeness (QED) is 0.221. The van der Waals surface area contributed by atoms with Crippen LogP contribution in [0.3, 0.4) is 0 Å². The van der Waals surface area contributed by atoms with Crippen molar-refractivity contribution in [3.63, 3.8) is 0 Å². The molecule has 0 unspecified atom stereocenters. The number of nitrogens with one attached hydrogen (secondary N) is 2. The number of thioether (sulfide) groups is 1. The standard InChI is InChI=1S/C19H38N4OS.HI/c1-3-24-14-8-7-11-21-18(20-2)22-17-19(9-5-4-6-10-19)23-12-15-25-16-13-23;/h3-17H2,1-2H3,(H2,20,21,22);1H. The van der Waals surface area contributed by atoms with Crippen molar-refractivity contribution >= 4 is 41.7 Å². The molecular weight excluding hydrogens is 459 g/mol. The Morgan fingerprint density at radius 3 is 2.50 bits per heavy atom. The van der Waals surface area contributed by atoms with E-state index < -0.39 is 0 Å². The highest BCUT2D eigenvalue weighted by molar-refractivity contribution is 14.0. The van der Waals surface area contributed by atoms with Crippen LogP contribution >= 0.6 is 35.7 Å². The summed E-state index contributed by atoms with van der Waals surface area (Å²) in [6.45, 7) is 8.20. The van der Waals surface area contributed by atoms with Gasteiger partial charge < -0.3 is 15.4 Å². The average Bonchev–Trinajstić information content (AvgIpc) is 2.68. The molecule has 1 saturated carbocycles. The summed E-state index contributed by atoms with van der Waals surface area (Å²) in [6.07, 6.45) is 9.02. The van der Waals surface area contributed by atoms with Crippen LogP contribution in [0.4, 0.5) is 0 Å². The number of halogens is 1. The summed E-state index contributed by atoms with van der Waals surface area (Å²) < 4.78 is 5.39. The highest BCUT2D eigenvalue weighted by Gasteiger charge is 2.38. The number of ether oxygens (including phenoxy) is 1. The molecule has 0 aromatic carbocycles. The second-order valence-electron chi connectivity index (χ2n) is 7.14. The lowest BCUT2D eigenvalue weighted by Gasteiger charge is -2.48. The topological polar surface area (TPSA) is 48.9 Å². The summed E-state index contributed by atoms with van der Waals surface area (Å²) in [4.78, 5) is 7.19. The third-order valence-corrected chi connectivity index (χ3v) is 6.43. The van der Waals surface area contributed by atoms with Crippen LogP contribution in [0.25, 0.3) is 0 Å². The van der Waals surface area contributed by atoms with Gasteiger partial charge in [0.25, 0.3) is 0 Å².